The third kappa shape index (κ3) is 4.32. The molecule has 1 heterocycles. The van der Waals surface area contributed by atoms with Crippen molar-refractivity contribution in [3.05, 3.63) is 0 Å². The lowest BCUT2D eigenvalue weighted by molar-refractivity contribution is -0.132. The van der Waals surface area contributed by atoms with Crippen LogP contribution in [0, 0.1) is 0 Å². The minimum atomic E-state index is -4.11. The fourth-order valence-electron chi connectivity index (χ4n) is 1.12. The molecule has 1 aliphatic heterocycles. The highest BCUT2D eigenvalue weighted by Gasteiger charge is 2.31. The van der Waals surface area contributed by atoms with Gasteiger partial charge < -0.3 is 5.32 Å². The fourth-order valence-corrected chi connectivity index (χ4v) is 2.35. The van der Waals surface area contributed by atoms with Gasteiger partial charge in [-0.15, -0.1) is 0 Å². The largest absolute Gasteiger partial charge is 0.390 e. The zero-order valence-corrected chi connectivity index (χ0v) is 9.63. The van der Waals surface area contributed by atoms with Crippen LogP contribution in [0.15, 0.2) is 4.99 Å². The van der Waals surface area contributed by atoms with Crippen molar-refractivity contribution in [2.45, 2.75) is 38.4 Å². The summed E-state index contributed by atoms with van der Waals surface area (Å²) in [7, 11) is 0. The summed E-state index contributed by atoms with van der Waals surface area (Å²) in [6.45, 7) is 3.91. The summed E-state index contributed by atoms with van der Waals surface area (Å²) in [6.07, 6.45) is -4.01. The lowest BCUT2D eigenvalue weighted by Crippen LogP contribution is -2.39. The van der Waals surface area contributed by atoms with Crippen LogP contribution in [0.1, 0.15) is 26.7 Å². The Bertz CT molecular complexity index is 252. The van der Waals surface area contributed by atoms with Crippen molar-refractivity contribution in [1.82, 2.24) is 5.32 Å². The molecule has 1 aliphatic rings. The molecule has 1 N–H and O–H groups in total. The highest BCUT2D eigenvalue weighted by molar-refractivity contribution is 8.14. The van der Waals surface area contributed by atoms with Gasteiger partial charge in [-0.25, -0.2) is 0 Å². The lowest BCUT2D eigenvalue weighted by atomic mass is 10.0. The maximum Gasteiger partial charge on any atom is 0.390 e. The summed E-state index contributed by atoms with van der Waals surface area (Å²) < 4.78 is 35.6. The molecule has 88 valence electrons. The number of thioether (sulfide) groups is 1. The molecule has 0 spiro atoms. The predicted octanol–water partition coefficient (Wildman–Crippen LogP) is 2.80. The number of nitrogens with zero attached hydrogens (tertiary/aromatic N) is 1. The van der Waals surface area contributed by atoms with E-state index in [0.29, 0.717) is 5.17 Å². The number of halogens is 3. The number of rotatable bonds is 3. The molecule has 0 aromatic heterocycles. The average molecular weight is 240 g/mol. The normalized spacial score (nSPS) is 29.5. The molecule has 1 unspecified atom stereocenters. The molecular formula is C9H15F3N2S. The molecule has 0 aromatic rings. The maximum absolute atomic E-state index is 11.9. The minimum absolute atomic E-state index is 0.0122. The van der Waals surface area contributed by atoms with E-state index in [2.05, 4.69) is 10.3 Å². The second-order valence-corrected chi connectivity index (χ2v) is 4.84. The van der Waals surface area contributed by atoms with Gasteiger partial charge in [-0.05, 0) is 13.3 Å². The molecule has 1 fully saturated rings. The van der Waals surface area contributed by atoms with E-state index in [4.69, 9.17) is 0 Å². The van der Waals surface area contributed by atoms with Gasteiger partial charge in [-0.1, -0.05) is 18.7 Å². The Labute approximate surface area is 91.7 Å². The smallest absolute Gasteiger partial charge is 0.359 e. The summed E-state index contributed by atoms with van der Waals surface area (Å²) in [5.74, 6) is 0.869. The van der Waals surface area contributed by atoms with E-state index in [1.54, 1.807) is 0 Å². The number of alkyl halides is 3. The fraction of sp³-hybridized carbons (Fsp3) is 0.889. The molecule has 0 radical (unpaired) electrons. The number of hydrogen-bond donors (Lipinski definition) is 1. The van der Waals surface area contributed by atoms with Crippen LogP contribution in [0.25, 0.3) is 0 Å². The molecule has 0 bridgehead atoms. The van der Waals surface area contributed by atoms with Crippen molar-refractivity contribution in [2.24, 2.45) is 4.99 Å². The summed E-state index contributed by atoms with van der Waals surface area (Å²) in [5, 5.41) is 3.79. The van der Waals surface area contributed by atoms with Crippen LogP contribution in [0.2, 0.25) is 0 Å². The number of aliphatic imine (C=N–C) groups is 1. The van der Waals surface area contributed by atoms with Crippen molar-refractivity contribution in [3.63, 3.8) is 0 Å². The van der Waals surface area contributed by atoms with E-state index in [1.807, 2.05) is 13.8 Å². The molecule has 15 heavy (non-hydrogen) atoms. The van der Waals surface area contributed by atoms with Crippen molar-refractivity contribution in [3.8, 4) is 0 Å². The number of nitrogens with one attached hydrogen (secondary N) is 1. The molecule has 0 saturated carbocycles. The summed E-state index contributed by atoms with van der Waals surface area (Å²) >= 11 is 1.50. The third-order valence-electron chi connectivity index (χ3n) is 2.37. The molecule has 2 nitrogen and oxygen atoms in total. The van der Waals surface area contributed by atoms with Gasteiger partial charge in [0.25, 0.3) is 0 Å². The van der Waals surface area contributed by atoms with Crippen molar-refractivity contribution < 1.29 is 13.2 Å². The van der Waals surface area contributed by atoms with Crippen molar-refractivity contribution in [2.75, 3.05) is 12.3 Å². The molecule has 0 amide bonds. The maximum atomic E-state index is 11.9. The van der Waals surface area contributed by atoms with Gasteiger partial charge in [-0.3, -0.25) is 4.99 Å². The lowest BCUT2D eigenvalue weighted by Gasteiger charge is -2.20. The summed E-state index contributed by atoms with van der Waals surface area (Å²) in [5.41, 5.74) is -0.0122. The van der Waals surface area contributed by atoms with Gasteiger partial charge in [0.2, 0.25) is 0 Å². The topological polar surface area (TPSA) is 24.4 Å². The van der Waals surface area contributed by atoms with E-state index >= 15 is 0 Å². The molecule has 0 aliphatic carbocycles. The highest BCUT2D eigenvalue weighted by Crippen LogP contribution is 2.26. The zero-order chi connectivity index (χ0) is 11.5. The van der Waals surface area contributed by atoms with Crippen LogP contribution < -0.4 is 5.32 Å². The second-order valence-electron chi connectivity index (χ2n) is 3.88. The quantitative estimate of drug-likeness (QED) is 0.820. The van der Waals surface area contributed by atoms with E-state index < -0.39 is 12.6 Å². The second kappa shape index (κ2) is 4.63. The first-order valence-corrected chi connectivity index (χ1v) is 5.85. The molecule has 6 heteroatoms. The Hall–Kier alpha value is -0.390. The van der Waals surface area contributed by atoms with Gasteiger partial charge >= 0.3 is 6.18 Å². The standard InChI is InChI=1S/C9H15F3N2S/c1-3-8(2)6-15-7(14-8)13-5-4-9(10,11)12/h3-6H2,1-2H3,(H,13,14). The first-order chi connectivity index (χ1) is 6.85. The Kier molecular flexibility index (Phi) is 3.92. The Morgan fingerprint density at radius 2 is 2.20 bits per heavy atom. The van der Waals surface area contributed by atoms with E-state index in [-0.39, 0.29) is 12.1 Å². The predicted molar refractivity (Wildman–Crippen MR) is 57.3 cm³/mol. The van der Waals surface area contributed by atoms with Crippen molar-refractivity contribution in [1.29, 1.82) is 0 Å². The molecule has 1 atom stereocenters. The van der Waals surface area contributed by atoms with Crippen LogP contribution in [0.3, 0.4) is 0 Å². The van der Waals surface area contributed by atoms with Gasteiger partial charge in [-0.2, -0.15) is 13.2 Å². The highest BCUT2D eigenvalue weighted by atomic mass is 32.2. The van der Waals surface area contributed by atoms with Crippen LogP contribution in [-0.2, 0) is 0 Å². The van der Waals surface area contributed by atoms with Crippen LogP contribution in [0.4, 0.5) is 13.2 Å². The SMILES string of the molecule is CCC1(C)CSC(=NCCC(F)(F)F)N1. The zero-order valence-electron chi connectivity index (χ0n) is 8.82. The summed E-state index contributed by atoms with van der Waals surface area (Å²) in [6, 6.07) is 0. The van der Waals surface area contributed by atoms with Crippen LogP contribution in [-0.4, -0.2) is 29.2 Å². The van der Waals surface area contributed by atoms with Crippen molar-refractivity contribution >= 4 is 16.9 Å². The average Bonchev–Trinajstić information content (AvgIpc) is 2.47. The molecular weight excluding hydrogens is 225 g/mol. The van der Waals surface area contributed by atoms with Gasteiger partial charge in [0.1, 0.15) is 0 Å². The van der Waals surface area contributed by atoms with Crippen LogP contribution >= 0.6 is 11.8 Å². The van der Waals surface area contributed by atoms with E-state index in [9.17, 15) is 13.2 Å². The third-order valence-corrected chi connectivity index (χ3v) is 3.65. The van der Waals surface area contributed by atoms with Gasteiger partial charge in [0.15, 0.2) is 5.17 Å². The van der Waals surface area contributed by atoms with Gasteiger partial charge in [0, 0.05) is 11.3 Å². The van der Waals surface area contributed by atoms with Crippen LogP contribution in [0.5, 0.6) is 0 Å². The minimum Gasteiger partial charge on any atom is -0.359 e. The first kappa shape index (κ1) is 12.7. The summed E-state index contributed by atoms with van der Waals surface area (Å²) in [4.78, 5) is 3.90. The molecule has 0 aromatic carbocycles. The number of amidine groups is 1. The first-order valence-electron chi connectivity index (χ1n) is 4.87. The Morgan fingerprint density at radius 3 is 2.67 bits per heavy atom. The monoisotopic (exact) mass is 240 g/mol. The molecule has 1 saturated heterocycles. The van der Waals surface area contributed by atoms with E-state index in [0.717, 1.165) is 12.2 Å². The number of hydrogen-bond acceptors (Lipinski definition) is 2. The Morgan fingerprint density at radius 1 is 1.53 bits per heavy atom. The van der Waals surface area contributed by atoms with Gasteiger partial charge in [0.05, 0.1) is 13.0 Å². The van der Waals surface area contributed by atoms with E-state index in [1.165, 1.54) is 11.8 Å². The Balaban J connectivity index is 2.37. The molecule has 1 rings (SSSR count).